The van der Waals surface area contributed by atoms with Crippen molar-refractivity contribution in [2.45, 2.75) is 19.5 Å². The summed E-state index contributed by atoms with van der Waals surface area (Å²) in [4.78, 5) is 3.22. The average Bonchev–Trinajstić information content (AvgIpc) is 2.14. The fourth-order valence-electron chi connectivity index (χ4n) is 1.22. The predicted molar refractivity (Wildman–Crippen MR) is 43.6 cm³/mol. The number of hydrogen-bond donors (Lipinski definition) is 0. The summed E-state index contributed by atoms with van der Waals surface area (Å²) in [5, 5.41) is 8.52. The second kappa shape index (κ2) is 4.04. The van der Waals surface area contributed by atoms with Crippen molar-refractivity contribution < 1.29 is 22.0 Å². The second-order valence-corrected chi connectivity index (χ2v) is 2.96. The molecule has 1 aromatic heterocycles. The summed E-state index contributed by atoms with van der Waals surface area (Å²) in [6, 6.07) is 1.15. The van der Waals surface area contributed by atoms with Gasteiger partial charge >= 0.3 is 6.18 Å². The first kappa shape index (κ1) is 12.4. The summed E-state index contributed by atoms with van der Waals surface area (Å²) in [5.41, 5.74) is -3.73. The molecule has 0 saturated carbocycles. The average molecular weight is 236 g/mol. The highest BCUT2D eigenvalue weighted by atomic mass is 19.4. The maximum atomic E-state index is 12.5. The van der Waals surface area contributed by atoms with E-state index in [1.807, 2.05) is 0 Å². The summed E-state index contributed by atoms with van der Waals surface area (Å²) in [6.45, 7) is 1.13. The normalized spacial score (nSPS) is 11.6. The largest absolute Gasteiger partial charge is 0.419 e. The minimum atomic E-state index is -4.87. The Morgan fingerprint density at radius 2 is 1.94 bits per heavy atom. The molecule has 0 radical (unpaired) electrons. The number of nitriles is 1. The number of halogens is 5. The Morgan fingerprint density at radius 3 is 2.31 bits per heavy atom. The summed E-state index contributed by atoms with van der Waals surface area (Å²) < 4.78 is 62.1. The highest BCUT2D eigenvalue weighted by Crippen LogP contribution is 2.36. The molecular formula is C9H5F5N2. The first-order chi connectivity index (χ1) is 7.29. The molecule has 0 unspecified atom stereocenters. The Bertz CT molecular complexity index is 444. The standard InChI is InChI=1S/C9H5F5N2/c1-4-7(8(10)11)5(2-15)6(3-16-4)9(12,13)14/h3,8H,1H3. The van der Waals surface area contributed by atoms with Gasteiger partial charge in [0.05, 0.1) is 16.7 Å². The summed E-state index contributed by atoms with van der Waals surface area (Å²) in [7, 11) is 0. The van der Waals surface area contributed by atoms with Crippen molar-refractivity contribution in [1.82, 2.24) is 4.98 Å². The molecule has 0 amide bonds. The quantitative estimate of drug-likeness (QED) is 0.702. The Kier molecular flexibility index (Phi) is 3.12. The molecule has 0 fully saturated rings. The highest BCUT2D eigenvalue weighted by Gasteiger charge is 2.37. The number of aromatic nitrogens is 1. The lowest BCUT2D eigenvalue weighted by Crippen LogP contribution is -2.12. The van der Waals surface area contributed by atoms with Gasteiger partial charge in [0.2, 0.25) is 0 Å². The lowest BCUT2D eigenvalue weighted by atomic mass is 10.0. The van der Waals surface area contributed by atoms with Crippen LogP contribution in [0.3, 0.4) is 0 Å². The van der Waals surface area contributed by atoms with Crippen LogP contribution < -0.4 is 0 Å². The van der Waals surface area contributed by atoms with Gasteiger partial charge in [-0.3, -0.25) is 4.98 Å². The third kappa shape index (κ3) is 2.10. The van der Waals surface area contributed by atoms with E-state index >= 15 is 0 Å². The van der Waals surface area contributed by atoms with Crippen molar-refractivity contribution >= 4 is 0 Å². The number of hydrogen-bond acceptors (Lipinski definition) is 2. The van der Waals surface area contributed by atoms with Gasteiger partial charge in [0.1, 0.15) is 6.07 Å². The van der Waals surface area contributed by atoms with Crippen molar-refractivity contribution in [3.8, 4) is 6.07 Å². The van der Waals surface area contributed by atoms with Gasteiger partial charge in [0.15, 0.2) is 0 Å². The van der Waals surface area contributed by atoms with E-state index in [0.29, 0.717) is 6.20 Å². The zero-order valence-corrected chi connectivity index (χ0v) is 7.94. The van der Waals surface area contributed by atoms with Crippen LogP contribution in [0.15, 0.2) is 6.20 Å². The molecule has 0 spiro atoms. The van der Waals surface area contributed by atoms with Crippen molar-refractivity contribution in [1.29, 1.82) is 5.26 Å². The molecule has 7 heteroatoms. The molecule has 1 rings (SSSR count). The molecular weight excluding hydrogens is 231 g/mol. The van der Waals surface area contributed by atoms with E-state index in [9.17, 15) is 22.0 Å². The zero-order chi connectivity index (χ0) is 12.5. The molecule has 0 atom stereocenters. The summed E-state index contributed by atoms with van der Waals surface area (Å²) in [5.74, 6) is 0. The van der Waals surface area contributed by atoms with Crippen LogP contribution in [0.1, 0.15) is 28.8 Å². The van der Waals surface area contributed by atoms with Gasteiger partial charge in [-0.05, 0) is 6.92 Å². The highest BCUT2D eigenvalue weighted by molar-refractivity contribution is 5.47. The molecule has 1 aromatic rings. The molecule has 86 valence electrons. The number of aryl methyl sites for hydroxylation is 1. The van der Waals surface area contributed by atoms with Gasteiger partial charge in [0.25, 0.3) is 6.43 Å². The van der Waals surface area contributed by atoms with Crippen LogP contribution in [0.4, 0.5) is 22.0 Å². The topological polar surface area (TPSA) is 36.7 Å². The van der Waals surface area contributed by atoms with Crippen LogP contribution in [0.25, 0.3) is 0 Å². The van der Waals surface area contributed by atoms with Crippen LogP contribution in [0.5, 0.6) is 0 Å². The Labute approximate surface area is 87.3 Å². The van der Waals surface area contributed by atoms with Crippen LogP contribution in [0.2, 0.25) is 0 Å². The van der Waals surface area contributed by atoms with E-state index in [0.717, 1.165) is 13.0 Å². The van der Waals surface area contributed by atoms with Gasteiger partial charge in [0, 0.05) is 11.9 Å². The van der Waals surface area contributed by atoms with Gasteiger partial charge < -0.3 is 0 Å². The van der Waals surface area contributed by atoms with E-state index in [1.165, 1.54) is 0 Å². The molecule has 2 nitrogen and oxygen atoms in total. The van der Waals surface area contributed by atoms with E-state index in [-0.39, 0.29) is 5.69 Å². The molecule has 0 aliphatic heterocycles. The van der Waals surface area contributed by atoms with Crippen LogP contribution in [0, 0.1) is 18.3 Å². The van der Waals surface area contributed by atoms with Crippen LogP contribution in [-0.4, -0.2) is 4.98 Å². The first-order valence-corrected chi connectivity index (χ1v) is 4.04. The molecule has 0 aliphatic carbocycles. The molecule has 16 heavy (non-hydrogen) atoms. The van der Waals surface area contributed by atoms with E-state index in [1.54, 1.807) is 0 Å². The van der Waals surface area contributed by atoms with Gasteiger partial charge in [-0.25, -0.2) is 8.78 Å². The number of alkyl halides is 5. The van der Waals surface area contributed by atoms with E-state index < -0.39 is 29.3 Å². The Balaban J connectivity index is 3.58. The number of pyridine rings is 1. The second-order valence-electron chi connectivity index (χ2n) is 2.96. The summed E-state index contributed by atoms with van der Waals surface area (Å²) in [6.07, 6.45) is -7.64. The van der Waals surface area contributed by atoms with Gasteiger partial charge in [-0.1, -0.05) is 0 Å². The van der Waals surface area contributed by atoms with Crippen LogP contribution in [-0.2, 0) is 6.18 Å². The lowest BCUT2D eigenvalue weighted by Gasteiger charge is -2.12. The van der Waals surface area contributed by atoms with Crippen molar-refractivity contribution in [2.24, 2.45) is 0 Å². The number of rotatable bonds is 1. The molecule has 0 saturated heterocycles. The Morgan fingerprint density at radius 1 is 1.38 bits per heavy atom. The zero-order valence-electron chi connectivity index (χ0n) is 7.94. The molecule has 0 aliphatic rings. The minimum Gasteiger partial charge on any atom is -0.260 e. The minimum absolute atomic E-state index is 0.278. The number of nitrogens with zero attached hydrogens (tertiary/aromatic N) is 2. The van der Waals surface area contributed by atoms with Crippen LogP contribution >= 0.6 is 0 Å². The molecule has 0 aromatic carbocycles. The van der Waals surface area contributed by atoms with Gasteiger partial charge in [-0.2, -0.15) is 18.4 Å². The van der Waals surface area contributed by atoms with Crippen molar-refractivity contribution in [2.75, 3.05) is 0 Å². The molecule has 0 N–H and O–H groups in total. The predicted octanol–water partition coefficient (Wildman–Crippen LogP) is 3.22. The fraction of sp³-hybridized carbons (Fsp3) is 0.333. The summed E-state index contributed by atoms with van der Waals surface area (Å²) >= 11 is 0. The van der Waals surface area contributed by atoms with E-state index in [4.69, 9.17) is 5.26 Å². The third-order valence-electron chi connectivity index (χ3n) is 1.95. The fourth-order valence-corrected chi connectivity index (χ4v) is 1.22. The molecule has 0 bridgehead atoms. The Hall–Kier alpha value is -1.71. The maximum Gasteiger partial charge on any atom is 0.419 e. The van der Waals surface area contributed by atoms with E-state index in [2.05, 4.69) is 4.98 Å². The van der Waals surface area contributed by atoms with Crippen molar-refractivity contribution in [3.05, 3.63) is 28.6 Å². The third-order valence-corrected chi connectivity index (χ3v) is 1.95. The molecule has 1 heterocycles. The van der Waals surface area contributed by atoms with Crippen molar-refractivity contribution in [3.63, 3.8) is 0 Å². The van der Waals surface area contributed by atoms with Gasteiger partial charge in [-0.15, -0.1) is 0 Å². The SMILES string of the molecule is Cc1ncc(C(F)(F)F)c(C#N)c1C(F)F. The first-order valence-electron chi connectivity index (χ1n) is 4.04. The monoisotopic (exact) mass is 236 g/mol. The lowest BCUT2D eigenvalue weighted by molar-refractivity contribution is -0.138. The smallest absolute Gasteiger partial charge is 0.260 e. The maximum absolute atomic E-state index is 12.5.